The lowest BCUT2D eigenvalue weighted by atomic mass is 10.1. The normalized spacial score (nSPS) is 20.9. The van der Waals surface area contributed by atoms with Crippen molar-refractivity contribution in [3.05, 3.63) is 29.8 Å². The topological polar surface area (TPSA) is 73.3 Å². The van der Waals surface area contributed by atoms with Crippen LogP contribution >= 0.6 is 11.3 Å². The first kappa shape index (κ1) is 11.9. The number of ether oxygens (including phenoxy) is 2. The van der Waals surface area contributed by atoms with Crippen molar-refractivity contribution in [2.24, 2.45) is 0 Å². The molecule has 1 aromatic heterocycles. The summed E-state index contributed by atoms with van der Waals surface area (Å²) in [7, 11) is 0. The fourth-order valence-corrected chi connectivity index (χ4v) is 2.26. The molecule has 1 aliphatic heterocycles. The zero-order chi connectivity index (χ0) is 13.2. The highest BCUT2D eigenvalue weighted by atomic mass is 32.1. The summed E-state index contributed by atoms with van der Waals surface area (Å²) in [6.07, 6.45) is -1.08. The first-order chi connectivity index (χ1) is 9.24. The van der Waals surface area contributed by atoms with Crippen molar-refractivity contribution >= 4 is 22.4 Å². The summed E-state index contributed by atoms with van der Waals surface area (Å²) in [4.78, 5) is 12.1. The number of benzene rings is 1. The van der Waals surface area contributed by atoms with Crippen LogP contribution in [0.2, 0.25) is 0 Å². The number of anilines is 1. The Morgan fingerprint density at radius 1 is 1.32 bits per heavy atom. The van der Waals surface area contributed by atoms with Crippen LogP contribution in [-0.4, -0.2) is 28.3 Å². The summed E-state index contributed by atoms with van der Waals surface area (Å²) < 4.78 is 11.3. The monoisotopic (exact) mass is 277 g/mol. The van der Waals surface area contributed by atoms with Crippen LogP contribution in [0.5, 0.6) is 11.5 Å². The minimum absolute atomic E-state index is 0.293. The van der Waals surface area contributed by atoms with E-state index in [0.29, 0.717) is 16.6 Å². The molecule has 0 aliphatic carbocycles. The van der Waals surface area contributed by atoms with Crippen LogP contribution in [-0.2, 0) is 4.79 Å². The second-order valence-corrected chi connectivity index (χ2v) is 4.87. The third kappa shape index (κ3) is 2.37. The molecule has 0 unspecified atom stereocenters. The Morgan fingerprint density at radius 2 is 2.05 bits per heavy atom. The average Bonchev–Trinajstić information content (AvgIpc) is 2.90. The van der Waals surface area contributed by atoms with E-state index in [1.807, 2.05) is 18.2 Å². The molecule has 7 heteroatoms. The van der Waals surface area contributed by atoms with E-state index in [4.69, 9.17) is 9.47 Å². The van der Waals surface area contributed by atoms with Gasteiger partial charge in [-0.2, -0.15) is 0 Å². The molecule has 0 saturated heterocycles. The molecular formula is C12H11N3O3S. The van der Waals surface area contributed by atoms with E-state index in [0.717, 1.165) is 0 Å². The predicted octanol–water partition coefficient (Wildman–Crippen LogP) is 1.71. The maximum absolute atomic E-state index is 12.1. The molecule has 98 valence electrons. The van der Waals surface area contributed by atoms with Crippen molar-refractivity contribution in [1.29, 1.82) is 0 Å². The Labute approximate surface area is 113 Å². The van der Waals surface area contributed by atoms with Crippen LogP contribution < -0.4 is 14.8 Å². The molecule has 19 heavy (non-hydrogen) atoms. The Kier molecular flexibility index (Phi) is 3.04. The highest BCUT2D eigenvalue weighted by molar-refractivity contribution is 7.13. The largest absolute Gasteiger partial charge is 0.482 e. The summed E-state index contributed by atoms with van der Waals surface area (Å²) in [6.45, 7) is 1.79. The number of hydrogen-bond acceptors (Lipinski definition) is 6. The van der Waals surface area contributed by atoms with Gasteiger partial charge in [0.2, 0.25) is 11.2 Å². The Balaban J connectivity index is 1.77. The molecule has 2 heterocycles. The van der Waals surface area contributed by atoms with E-state index in [9.17, 15) is 4.79 Å². The van der Waals surface area contributed by atoms with Crippen LogP contribution in [0.1, 0.15) is 6.92 Å². The molecule has 0 bridgehead atoms. The summed E-state index contributed by atoms with van der Waals surface area (Å²) in [6, 6.07) is 7.27. The van der Waals surface area contributed by atoms with E-state index >= 15 is 0 Å². The van der Waals surface area contributed by atoms with Gasteiger partial charge >= 0.3 is 0 Å². The maximum Gasteiger partial charge on any atom is 0.271 e. The Bertz CT molecular complexity index is 588. The lowest BCUT2D eigenvalue weighted by molar-refractivity contribution is -0.128. The molecule has 6 nitrogen and oxygen atoms in total. The quantitative estimate of drug-likeness (QED) is 0.904. The standard InChI is InChI=1S/C12H11N3O3S/c1-7-10(11(16)14-12-15-13-6-19-12)18-9-5-3-2-4-8(9)17-7/h2-7,10H,1H3,(H,14,15,16)/t7-,10+/m0/s1. The molecule has 2 aromatic rings. The van der Waals surface area contributed by atoms with Gasteiger partial charge in [0.25, 0.3) is 5.91 Å². The van der Waals surface area contributed by atoms with Crippen molar-refractivity contribution in [2.75, 3.05) is 5.32 Å². The first-order valence-electron chi connectivity index (χ1n) is 5.73. The van der Waals surface area contributed by atoms with Gasteiger partial charge in [-0.1, -0.05) is 23.5 Å². The number of rotatable bonds is 2. The molecule has 1 amide bonds. The van der Waals surface area contributed by atoms with E-state index < -0.39 is 6.10 Å². The van der Waals surface area contributed by atoms with Gasteiger partial charge in [0.15, 0.2) is 11.5 Å². The number of amides is 1. The molecule has 1 aliphatic rings. The summed E-state index contributed by atoms with van der Waals surface area (Å²) in [5.41, 5.74) is 1.55. The van der Waals surface area contributed by atoms with Gasteiger partial charge in [0.05, 0.1) is 0 Å². The number of aromatic nitrogens is 2. The van der Waals surface area contributed by atoms with Crippen molar-refractivity contribution in [3.8, 4) is 11.5 Å². The second-order valence-electron chi connectivity index (χ2n) is 4.04. The Morgan fingerprint density at radius 3 is 2.74 bits per heavy atom. The van der Waals surface area contributed by atoms with Gasteiger partial charge in [-0.15, -0.1) is 10.2 Å². The van der Waals surface area contributed by atoms with Gasteiger partial charge in [-0.05, 0) is 19.1 Å². The SMILES string of the molecule is C[C@@H]1Oc2ccccc2O[C@H]1C(=O)Nc1nncs1. The molecule has 3 rings (SSSR count). The highest BCUT2D eigenvalue weighted by Crippen LogP contribution is 2.33. The molecule has 0 spiro atoms. The third-order valence-electron chi connectivity index (χ3n) is 2.69. The zero-order valence-corrected chi connectivity index (χ0v) is 10.9. The fraction of sp³-hybridized carbons (Fsp3) is 0.250. The first-order valence-corrected chi connectivity index (χ1v) is 6.61. The third-order valence-corrected chi connectivity index (χ3v) is 3.30. The lowest BCUT2D eigenvalue weighted by Gasteiger charge is -2.30. The van der Waals surface area contributed by atoms with Crippen LogP contribution in [0.4, 0.5) is 5.13 Å². The molecule has 0 radical (unpaired) electrons. The molecule has 0 fully saturated rings. The minimum Gasteiger partial charge on any atom is -0.482 e. The molecule has 1 N–H and O–H groups in total. The predicted molar refractivity (Wildman–Crippen MR) is 69.5 cm³/mol. The average molecular weight is 277 g/mol. The number of para-hydroxylation sites is 2. The number of hydrogen-bond donors (Lipinski definition) is 1. The van der Waals surface area contributed by atoms with E-state index in [-0.39, 0.29) is 12.0 Å². The maximum atomic E-state index is 12.1. The van der Waals surface area contributed by atoms with Crippen LogP contribution in [0, 0.1) is 0 Å². The van der Waals surface area contributed by atoms with E-state index in [1.54, 1.807) is 18.5 Å². The highest BCUT2D eigenvalue weighted by Gasteiger charge is 2.34. The number of carbonyl (C=O) groups excluding carboxylic acids is 1. The number of nitrogens with one attached hydrogen (secondary N) is 1. The molecule has 2 atom stereocenters. The van der Waals surface area contributed by atoms with Gasteiger partial charge in [0.1, 0.15) is 11.6 Å². The van der Waals surface area contributed by atoms with Crippen molar-refractivity contribution in [3.63, 3.8) is 0 Å². The number of carbonyl (C=O) groups is 1. The van der Waals surface area contributed by atoms with Crippen LogP contribution in [0.25, 0.3) is 0 Å². The van der Waals surface area contributed by atoms with Gasteiger partial charge < -0.3 is 9.47 Å². The molecular weight excluding hydrogens is 266 g/mol. The zero-order valence-electron chi connectivity index (χ0n) is 10.1. The van der Waals surface area contributed by atoms with Gasteiger partial charge in [-0.3, -0.25) is 10.1 Å². The van der Waals surface area contributed by atoms with Crippen molar-refractivity contribution < 1.29 is 14.3 Å². The molecule has 0 saturated carbocycles. The lowest BCUT2D eigenvalue weighted by Crippen LogP contribution is -2.46. The molecule has 1 aromatic carbocycles. The Hall–Kier alpha value is -2.15. The minimum atomic E-state index is -0.709. The summed E-state index contributed by atoms with van der Waals surface area (Å²) in [5, 5.41) is 10.5. The van der Waals surface area contributed by atoms with Gasteiger partial charge in [-0.25, -0.2) is 0 Å². The van der Waals surface area contributed by atoms with E-state index in [2.05, 4.69) is 15.5 Å². The number of fused-ring (bicyclic) bond motifs is 1. The van der Waals surface area contributed by atoms with Crippen LogP contribution in [0.3, 0.4) is 0 Å². The fourth-order valence-electron chi connectivity index (χ4n) is 1.81. The summed E-state index contributed by atoms with van der Waals surface area (Å²) >= 11 is 1.25. The smallest absolute Gasteiger partial charge is 0.271 e. The van der Waals surface area contributed by atoms with E-state index in [1.165, 1.54) is 11.3 Å². The summed E-state index contributed by atoms with van der Waals surface area (Å²) in [5.74, 6) is 0.923. The van der Waals surface area contributed by atoms with Gasteiger partial charge in [0, 0.05) is 0 Å². The number of nitrogens with zero attached hydrogens (tertiary/aromatic N) is 2. The second kappa shape index (κ2) is 4.85. The van der Waals surface area contributed by atoms with Crippen molar-refractivity contribution in [1.82, 2.24) is 10.2 Å². The van der Waals surface area contributed by atoms with Crippen molar-refractivity contribution in [2.45, 2.75) is 19.1 Å². The van der Waals surface area contributed by atoms with Crippen LogP contribution in [0.15, 0.2) is 29.8 Å².